The summed E-state index contributed by atoms with van der Waals surface area (Å²) >= 11 is 3.93. The van der Waals surface area contributed by atoms with Crippen molar-refractivity contribution in [3.8, 4) is 0 Å². The normalized spacial score (nSPS) is 25.1. The molecular formula is C11H17N3OS2. The molecule has 1 aromatic rings. The summed E-state index contributed by atoms with van der Waals surface area (Å²) in [7, 11) is 0. The lowest BCUT2D eigenvalue weighted by Gasteiger charge is -2.16. The summed E-state index contributed by atoms with van der Waals surface area (Å²) in [5.74, 6) is 5.23. The highest BCUT2D eigenvalue weighted by molar-refractivity contribution is 8.06. The zero-order valence-corrected chi connectivity index (χ0v) is 11.4. The summed E-state index contributed by atoms with van der Waals surface area (Å²) in [5.41, 5.74) is 0. The Labute approximate surface area is 110 Å². The van der Waals surface area contributed by atoms with Crippen LogP contribution in [0.25, 0.3) is 0 Å². The summed E-state index contributed by atoms with van der Waals surface area (Å²) < 4.78 is 5.30. The summed E-state index contributed by atoms with van der Waals surface area (Å²) in [6.45, 7) is 0.957. The average Bonchev–Trinajstić information content (AvgIpc) is 3.07. The fourth-order valence-corrected chi connectivity index (χ4v) is 4.40. The van der Waals surface area contributed by atoms with Crippen molar-refractivity contribution in [3.05, 3.63) is 11.7 Å². The number of hydrogen-bond acceptors (Lipinski definition) is 6. The lowest BCUT2D eigenvalue weighted by molar-refractivity contribution is 0.371. The Morgan fingerprint density at radius 1 is 1.35 bits per heavy atom. The van der Waals surface area contributed by atoms with Gasteiger partial charge in [0.25, 0.3) is 0 Å². The zero-order chi connectivity index (χ0) is 11.5. The van der Waals surface area contributed by atoms with Gasteiger partial charge in [0.15, 0.2) is 5.82 Å². The second-order valence-corrected chi connectivity index (χ2v) is 6.92. The van der Waals surface area contributed by atoms with Crippen LogP contribution in [0.3, 0.4) is 0 Å². The van der Waals surface area contributed by atoms with Crippen molar-refractivity contribution in [3.63, 3.8) is 0 Å². The number of thioether (sulfide) groups is 2. The maximum absolute atomic E-state index is 5.30. The predicted molar refractivity (Wildman–Crippen MR) is 71.6 cm³/mol. The second kappa shape index (κ2) is 5.63. The van der Waals surface area contributed by atoms with Crippen LogP contribution in [0.4, 0.5) is 0 Å². The van der Waals surface area contributed by atoms with Gasteiger partial charge in [-0.05, 0) is 12.8 Å². The lowest BCUT2D eigenvalue weighted by Crippen LogP contribution is -2.19. The van der Waals surface area contributed by atoms with E-state index in [0.717, 1.165) is 36.5 Å². The van der Waals surface area contributed by atoms with E-state index in [1.54, 1.807) is 0 Å². The van der Waals surface area contributed by atoms with Crippen LogP contribution in [0.1, 0.15) is 29.8 Å². The minimum absolute atomic E-state index is 0.433. The molecule has 94 valence electrons. The average molecular weight is 271 g/mol. The van der Waals surface area contributed by atoms with Crippen LogP contribution in [0.2, 0.25) is 0 Å². The minimum Gasteiger partial charge on any atom is -0.339 e. The number of nitrogens with zero attached hydrogens (tertiary/aromatic N) is 2. The molecule has 17 heavy (non-hydrogen) atoms. The van der Waals surface area contributed by atoms with Gasteiger partial charge >= 0.3 is 0 Å². The number of aromatic nitrogens is 2. The fourth-order valence-electron chi connectivity index (χ4n) is 1.81. The molecule has 4 nitrogen and oxygen atoms in total. The van der Waals surface area contributed by atoms with Gasteiger partial charge in [0, 0.05) is 36.3 Å². The largest absolute Gasteiger partial charge is 0.339 e. The monoisotopic (exact) mass is 271 g/mol. The molecule has 3 rings (SSSR count). The standard InChI is InChI=1S/C11H17N3OS2/c1-2-8(1)12-4-3-10-13-11(14-15-10)9-7-16-5-6-17-9/h8-9,12H,1-7H2. The summed E-state index contributed by atoms with van der Waals surface area (Å²) in [6, 6.07) is 0.752. The van der Waals surface area contributed by atoms with Gasteiger partial charge < -0.3 is 9.84 Å². The first-order valence-corrected chi connectivity index (χ1v) is 8.37. The molecule has 2 aliphatic rings. The predicted octanol–water partition coefficient (Wildman–Crippen LogP) is 1.89. The second-order valence-electron chi connectivity index (χ2n) is 4.46. The highest BCUT2D eigenvalue weighted by Gasteiger charge is 2.23. The Kier molecular flexibility index (Phi) is 3.93. The van der Waals surface area contributed by atoms with Crippen LogP contribution in [-0.2, 0) is 6.42 Å². The van der Waals surface area contributed by atoms with E-state index in [-0.39, 0.29) is 0 Å². The van der Waals surface area contributed by atoms with Crippen molar-refractivity contribution in [2.75, 3.05) is 23.8 Å². The van der Waals surface area contributed by atoms with Gasteiger partial charge in [-0.3, -0.25) is 0 Å². The zero-order valence-electron chi connectivity index (χ0n) is 9.72. The number of hydrogen-bond donors (Lipinski definition) is 1. The van der Waals surface area contributed by atoms with E-state index < -0.39 is 0 Å². The van der Waals surface area contributed by atoms with Crippen molar-refractivity contribution in [1.82, 2.24) is 15.5 Å². The maximum Gasteiger partial charge on any atom is 0.227 e. The Bertz CT molecular complexity index is 361. The lowest BCUT2D eigenvalue weighted by atomic mass is 10.4. The van der Waals surface area contributed by atoms with Crippen LogP contribution in [0.15, 0.2) is 4.52 Å². The van der Waals surface area contributed by atoms with E-state index in [1.807, 2.05) is 23.5 Å². The van der Waals surface area contributed by atoms with E-state index in [2.05, 4.69) is 15.5 Å². The topological polar surface area (TPSA) is 51.0 Å². The van der Waals surface area contributed by atoms with Gasteiger partial charge in [-0.15, -0.1) is 11.8 Å². The Morgan fingerprint density at radius 3 is 3.06 bits per heavy atom. The fraction of sp³-hybridized carbons (Fsp3) is 0.818. The van der Waals surface area contributed by atoms with Gasteiger partial charge in [0.1, 0.15) is 0 Å². The smallest absolute Gasteiger partial charge is 0.227 e. The molecule has 1 aliphatic heterocycles. The Balaban J connectivity index is 1.49. The SMILES string of the molecule is C(Cc1nc(C2CSCCS2)no1)NC1CC1. The quantitative estimate of drug-likeness (QED) is 0.882. The maximum atomic E-state index is 5.30. The van der Waals surface area contributed by atoms with E-state index in [9.17, 15) is 0 Å². The summed E-state index contributed by atoms with van der Waals surface area (Å²) in [5, 5.41) is 7.99. The van der Waals surface area contributed by atoms with Crippen molar-refractivity contribution < 1.29 is 4.52 Å². The van der Waals surface area contributed by atoms with Crippen molar-refractivity contribution >= 4 is 23.5 Å². The third-order valence-electron chi connectivity index (χ3n) is 2.94. The summed E-state index contributed by atoms with van der Waals surface area (Å²) in [4.78, 5) is 4.50. The van der Waals surface area contributed by atoms with E-state index in [4.69, 9.17) is 4.52 Å². The molecule has 1 atom stereocenters. The third kappa shape index (κ3) is 3.39. The molecule has 2 fully saturated rings. The van der Waals surface area contributed by atoms with Gasteiger partial charge in [-0.25, -0.2) is 0 Å². The molecule has 1 unspecified atom stereocenters. The van der Waals surface area contributed by atoms with Gasteiger partial charge in [-0.1, -0.05) is 5.16 Å². The summed E-state index contributed by atoms with van der Waals surface area (Å²) in [6.07, 6.45) is 3.50. The molecule has 2 heterocycles. The van der Waals surface area contributed by atoms with Crippen LogP contribution >= 0.6 is 23.5 Å². The highest BCUT2D eigenvalue weighted by Crippen LogP contribution is 2.35. The van der Waals surface area contributed by atoms with E-state index in [0.29, 0.717) is 5.25 Å². The Hall–Kier alpha value is -0.200. The Morgan fingerprint density at radius 2 is 2.29 bits per heavy atom. The minimum atomic E-state index is 0.433. The van der Waals surface area contributed by atoms with Crippen molar-refractivity contribution in [2.24, 2.45) is 0 Å². The molecule has 1 aliphatic carbocycles. The van der Waals surface area contributed by atoms with Crippen molar-refractivity contribution in [2.45, 2.75) is 30.6 Å². The van der Waals surface area contributed by atoms with Crippen LogP contribution in [0, 0.1) is 0 Å². The van der Waals surface area contributed by atoms with Crippen LogP contribution < -0.4 is 5.32 Å². The molecule has 0 amide bonds. The number of rotatable bonds is 5. The molecule has 1 saturated carbocycles. The van der Waals surface area contributed by atoms with Crippen LogP contribution in [-0.4, -0.2) is 40.0 Å². The van der Waals surface area contributed by atoms with Gasteiger partial charge in [0.2, 0.25) is 5.89 Å². The van der Waals surface area contributed by atoms with Crippen LogP contribution in [0.5, 0.6) is 0 Å². The van der Waals surface area contributed by atoms with Crippen molar-refractivity contribution in [1.29, 1.82) is 0 Å². The molecule has 6 heteroatoms. The third-order valence-corrected chi connectivity index (χ3v) is 5.69. The molecule has 0 aromatic carbocycles. The molecule has 0 spiro atoms. The van der Waals surface area contributed by atoms with Gasteiger partial charge in [-0.2, -0.15) is 16.7 Å². The molecule has 1 N–H and O–H groups in total. The molecule has 0 radical (unpaired) electrons. The number of nitrogens with one attached hydrogen (secondary N) is 1. The molecule has 1 saturated heterocycles. The highest BCUT2D eigenvalue weighted by atomic mass is 32.2. The van der Waals surface area contributed by atoms with E-state index >= 15 is 0 Å². The van der Waals surface area contributed by atoms with Gasteiger partial charge in [0.05, 0.1) is 5.25 Å². The molecule has 1 aromatic heterocycles. The first-order chi connectivity index (χ1) is 8.42. The first kappa shape index (κ1) is 11.9. The molecule has 0 bridgehead atoms. The first-order valence-electron chi connectivity index (χ1n) is 6.17. The molecular weight excluding hydrogens is 254 g/mol. The van der Waals surface area contributed by atoms with E-state index in [1.165, 1.54) is 24.3 Å².